The van der Waals surface area contributed by atoms with Gasteiger partial charge < -0.3 is 10.6 Å². The number of anilines is 1. The summed E-state index contributed by atoms with van der Waals surface area (Å²) in [6.07, 6.45) is 0.141. The van der Waals surface area contributed by atoms with Crippen LogP contribution in [-0.2, 0) is 22.6 Å². The number of nitro groups is 1. The van der Waals surface area contributed by atoms with Gasteiger partial charge in [-0.2, -0.15) is 0 Å². The third-order valence-electron chi connectivity index (χ3n) is 3.72. The Bertz CT molecular complexity index is 801. The highest BCUT2D eigenvalue weighted by Crippen LogP contribution is 2.13. The van der Waals surface area contributed by atoms with Crippen molar-refractivity contribution >= 4 is 23.2 Å². The van der Waals surface area contributed by atoms with E-state index in [4.69, 9.17) is 0 Å². The molecule has 2 rings (SSSR count). The molecule has 7 nitrogen and oxygen atoms in total. The van der Waals surface area contributed by atoms with E-state index < -0.39 is 4.92 Å². The first-order valence-corrected chi connectivity index (χ1v) is 8.25. The van der Waals surface area contributed by atoms with Gasteiger partial charge in [-0.05, 0) is 23.3 Å². The summed E-state index contributed by atoms with van der Waals surface area (Å²) in [7, 11) is 0. The molecule has 26 heavy (non-hydrogen) atoms. The summed E-state index contributed by atoms with van der Waals surface area (Å²) in [6, 6.07) is 13.2. The van der Waals surface area contributed by atoms with Crippen LogP contribution in [0.1, 0.15) is 25.0 Å². The minimum atomic E-state index is -0.477. The summed E-state index contributed by atoms with van der Waals surface area (Å²) in [5.41, 5.74) is 2.25. The first-order valence-electron chi connectivity index (χ1n) is 8.25. The molecule has 2 aromatic carbocycles. The Morgan fingerprint density at radius 2 is 1.77 bits per heavy atom. The maximum atomic E-state index is 12.0. The molecule has 7 heteroatoms. The Hall–Kier alpha value is -3.22. The van der Waals surface area contributed by atoms with Gasteiger partial charge in [0.15, 0.2) is 0 Å². The topological polar surface area (TPSA) is 101 Å². The summed E-state index contributed by atoms with van der Waals surface area (Å²) >= 11 is 0. The maximum absolute atomic E-state index is 12.0. The minimum Gasteiger partial charge on any atom is -0.352 e. The number of amides is 2. The van der Waals surface area contributed by atoms with E-state index in [1.165, 1.54) is 12.1 Å². The second-order valence-electron chi connectivity index (χ2n) is 6.22. The van der Waals surface area contributed by atoms with Gasteiger partial charge in [-0.1, -0.05) is 38.1 Å². The van der Waals surface area contributed by atoms with Crippen molar-refractivity contribution in [3.05, 3.63) is 69.8 Å². The Balaban J connectivity index is 1.88. The van der Waals surface area contributed by atoms with E-state index in [-0.39, 0.29) is 29.8 Å². The molecule has 2 N–H and O–H groups in total. The van der Waals surface area contributed by atoms with Crippen molar-refractivity contribution in [3.8, 4) is 0 Å². The van der Waals surface area contributed by atoms with Crippen LogP contribution < -0.4 is 10.6 Å². The van der Waals surface area contributed by atoms with E-state index in [1.807, 2.05) is 32.0 Å². The Labute approximate surface area is 151 Å². The maximum Gasteiger partial charge on any atom is 0.269 e. The van der Waals surface area contributed by atoms with E-state index in [2.05, 4.69) is 10.6 Å². The summed E-state index contributed by atoms with van der Waals surface area (Å²) in [4.78, 5) is 33.9. The van der Waals surface area contributed by atoms with Gasteiger partial charge in [-0.15, -0.1) is 0 Å². The number of carbonyl (C=O) groups excluding carboxylic acids is 2. The summed E-state index contributed by atoms with van der Waals surface area (Å²) < 4.78 is 0. The number of nitro benzene ring substituents is 1. The smallest absolute Gasteiger partial charge is 0.269 e. The normalized spacial score (nSPS) is 10.4. The lowest BCUT2D eigenvalue weighted by Gasteiger charge is -2.10. The monoisotopic (exact) mass is 355 g/mol. The third-order valence-corrected chi connectivity index (χ3v) is 3.72. The number of nitrogens with one attached hydrogen (secondary N) is 2. The fraction of sp³-hybridized carbons (Fsp3) is 0.263. The zero-order chi connectivity index (χ0) is 19.1. The average Bonchev–Trinajstić information content (AvgIpc) is 2.60. The van der Waals surface area contributed by atoms with E-state index in [1.54, 1.807) is 18.2 Å². The lowest BCUT2D eigenvalue weighted by atomic mass is 10.1. The van der Waals surface area contributed by atoms with E-state index in [0.717, 1.165) is 5.56 Å². The van der Waals surface area contributed by atoms with Gasteiger partial charge in [-0.3, -0.25) is 19.7 Å². The summed E-state index contributed by atoms with van der Waals surface area (Å²) in [5.74, 6) is -0.361. The molecular formula is C19H21N3O4. The van der Waals surface area contributed by atoms with E-state index >= 15 is 0 Å². The van der Waals surface area contributed by atoms with E-state index in [0.29, 0.717) is 17.8 Å². The van der Waals surface area contributed by atoms with Gasteiger partial charge in [0.05, 0.1) is 11.3 Å². The molecule has 0 spiro atoms. The Morgan fingerprint density at radius 3 is 2.38 bits per heavy atom. The molecule has 0 atom stereocenters. The fourth-order valence-electron chi connectivity index (χ4n) is 2.23. The average molecular weight is 355 g/mol. The van der Waals surface area contributed by atoms with Gasteiger partial charge in [0.25, 0.3) is 5.69 Å². The standard InChI is InChI=1S/C19H21N3O4/c1-13(2)19(24)21-16-5-3-4-15(10-16)12-20-18(23)11-14-6-8-17(9-7-14)22(25)26/h3-10,13H,11-12H2,1-2H3,(H,20,23)(H,21,24). The van der Waals surface area contributed by atoms with Crippen LogP contribution >= 0.6 is 0 Å². The van der Waals surface area contributed by atoms with Crippen LogP contribution in [0.4, 0.5) is 11.4 Å². The quantitative estimate of drug-likeness (QED) is 0.589. The van der Waals surface area contributed by atoms with Crippen molar-refractivity contribution in [2.75, 3.05) is 5.32 Å². The summed E-state index contributed by atoms with van der Waals surface area (Å²) in [5, 5.41) is 16.2. The van der Waals surface area contributed by atoms with Crippen LogP contribution in [0.3, 0.4) is 0 Å². The zero-order valence-electron chi connectivity index (χ0n) is 14.7. The van der Waals surface area contributed by atoms with Crippen molar-refractivity contribution in [1.82, 2.24) is 5.32 Å². The lowest BCUT2D eigenvalue weighted by Crippen LogP contribution is -2.24. The third kappa shape index (κ3) is 5.70. The van der Waals surface area contributed by atoms with Crippen molar-refractivity contribution in [3.63, 3.8) is 0 Å². The first kappa shape index (κ1) is 19.1. The van der Waals surface area contributed by atoms with Crippen LogP contribution in [-0.4, -0.2) is 16.7 Å². The van der Waals surface area contributed by atoms with Gasteiger partial charge >= 0.3 is 0 Å². The van der Waals surface area contributed by atoms with Gasteiger partial charge in [0.2, 0.25) is 11.8 Å². The zero-order valence-corrected chi connectivity index (χ0v) is 14.7. The number of carbonyl (C=O) groups is 2. The van der Waals surface area contributed by atoms with Crippen molar-refractivity contribution < 1.29 is 14.5 Å². The highest BCUT2D eigenvalue weighted by Gasteiger charge is 2.09. The van der Waals surface area contributed by atoms with Crippen LogP contribution in [0.25, 0.3) is 0 Å². The lowest BCUT2D eigenvalue weighted by molar-refractivity contribution is -0.384. The molecule has 0 saturated carbocycles. The molecule has 0 aliphatic heterocycles. The van der Waals surface area contributed by atoms with Crippen LogP contribution in [0.5, 0.6) is 0 Å². The number of nitrogens with zero attached hydrogens (tertiary/aromatic N) is 1. The molecule has 0 heterocycles. The highest BCUT2D eigenvalue weighted by molar-refractivity contribution is 5.92. The number of hydrogen-bond acceptors (Lipinski definition) is 4. The second-order valence-corrected chi connectivity index (χ2v) is 6.22. The highest BCUT2D eigenvalue weighted by atomic mass is 16.6. The molecule has 0 radical (unpaired) electrons. The predicted molar refractivity (Wildman–Crippen MR) is 98.6 cm³/mol. The number of hydrogen-bond donors (Lipinski definition) is 2. The number of non-ortho nitro benzene ring substituents is 1. The molecule has 0 aliphatic carbocycles. The number of benzene rings is 2. The molecule has 0 aromatic heterocycles. The first-order chi connectivity index (χ1) is 12.3. The Morgan fingerprint density at radius 1 is 1.08 bits per heavy atom. The second kappa shape index (κ2) is 8.75. The molecule has 0 saturated heterocycles. The molecule has 2 amide bonds. The molecular weight excluding hydrogens is 334 g/mol. The number of rotatable bonds is 7. The van der Waals surface area contributed by atoms with Crippen LogP contribution in [0.15, 0.2) is 48.5 Å². The van der Waals surface area contributed by atoms with Gasteiger partial charge in [0.1, 0.15) is 0 Å². The van der Waals surface area contributed by atoms with Gasteiger partial charge in [-0.25, -0.2) is 0 Å². The van der Waals surface area contributed by atoms with Crippen LogP contribution in [0, 0.1) is 16.0 Å². The fourth-order valence-corrected chi connectivity index (χ4v) is 2.23. The Kier molecular flexibility index (Phi) is 6.43. The van der Waals surface area contributed by atoms with Crippen molar-refractivity contribution in [2.24, 2.45) is 5.92 Å². The molecule has 2 aromatic rings. The predicted octanol–water partition coefficient (Wildman–Crippen LogP) is 3.05. The van der Waals surface area contributed by atoms with E-state index in [9.17, 15) is 19.7 Å². The molecule has 0 fully saturated rings. The van der Waals surface area contributed by atoms with Crippen LogP contribution in [0.2, 0.25) is 0 Å². The molecule has 0 bridgehead atoms. The largest absolute Gasteiger partial charge is 0.352 e. The molecule has 0 aliphatic rings. The van der Waals surface area contributed by atoms with Gasteiger partial charge in [0, 0.05) is 30.3 Å². The SMILES string of the molecule is CC(C)C(=O)Nc1cccc(CNC(=O)Cc2ccc([N+](=O)[O-])cc2)c1. The molecule has 136 valence electrons. The van der Waals surface area contributed by atoms with Crippen molar-refractivity contribution in [1.29, 1.82) is 0 Å². The molecule has 0 unspecified atom stereocenters. The van der Waals surface area contributed by atoms with Crippen molar-refractivity contribution in [2.45, 2.75) is 26.8 Å². The summed E-state index contributed by atoms with van der Waals surface area (Å²) in [6.45, 7) is 3.96. The minimum absolute atomic E-state index is 0.00517.